The molecular formula is C18H19F3N6O2S2. The lowest BCUT2D eigenvalue weighted by atomic mass is 10.1. The van der Waals surface area contributed by atoms with E-state index in [9.17, 15) is 26.9 Å². The van der Waals surface area contributed by atoms with Crippen LogP contribution in [0.25, 0.3) is 10.6 Å². The summed E-state index contributed by atoms with van der Waals surface area (Å²) in [5, 5.41) is 12.9. The van der Waals surface area contributed by atoms with Crippen molar-refractivity contribution in [3.63, 3.8) is 0 Å². The van der Waals surface area contributed by atoms with Crippen molar-refractivity contribution in [1.82, 2.24) is 19.3 Å². The lowest BCUT2D eigenvalue weighted by Gasteiger charge is -2.30. The summed E-state index contributed by atoms with van der Waals surface area (Å²) >= 11 is 0.924. The Morgan fingerprint density at radius 3 is 2.45 bits per heavy atom. The van der Waals surface area contributed by atoms with E-state index in [1.165, 1.54) is 10.5 Å². The number of nitrogens with zero attached hydrogens (tertiary/aromatic N) is 5. The normalized spacial score (nSPS) is 18.7. The van der Waals surface area contributed by atoms with E-state index >= 15 is 0 Å². The van der Waals surface area contributed by atoms with E-state index < -0.39 is 21.9 Å². The zero-order valence-corrected chi connectivity index (χ0v) is 18.1. The van der Waals surface area contributed by atoms with Gasteiger partial charge in [0.25, 0.3) is 0 Å². The van der Waals surface area contributed by atoms with Crippen LogP contribution in [0.3, 0.4) is 0 Å². The molecule has 8 nitrogen and oxygen atoms in total. The van der Waals surface area contributed by atoms with Gasteiger partial charge < -0.3 is 5.32 Å². The Balaban J connectivity index is 1.62. The average Bonchev–Trinajstić information content (AvgIpc) is 3.45. The molecule has 4 rings (SSSR count). The van der Waals surface area contributed by atoms with Crippen LogP contribution >= 0.6 is 11.3 Å². The summed E-state index contributed by atoms with van der Waals surface area (Å²) in [5.41, 5.74) is -1.18. The number of sulfonamides is 1. The van der Waals surface area contributed by atoms with Gasteiger partial charge in [-0.1, -0.05) is 0 Å². The minimum absolute atomic E-state index is 0.0323. The number of piperidine rings is 1. The summed E-state index contributed by atoms with van der Waals surface area (Å²) in [6.07, 6.45) is 0.309. The van der Waals surface area contributed by atoms with Crippen molar-refractivity contribution < 1.29 is 21.6 Å². The van der Waals surface area contributed by atoms with Crippen molar-refractivity contribution in [1.29, 1.82) is 5.26 Å². The smallest absolute Gasteiger partial charge is 0.351 e. The third-order valence-corrected chi connectivity index (χ3v) is 7.75. The summed E-state index contributed by atoms with van der Waals surface area (Å²) in [4.78, 5) is 11.9. The van der Waals surface area contributed by atoms with E-state index in [0.717, 1.165) is 30.4 Å². The molecule has 2 aliphatic rings. The van der Waals surface area contributed by atoms with E-state index in [-0.39, 0.29) is 34.0 Å². The first kappa shape index (κ1) is 21.9. The molecule has 1 aliphatic heterocycles. The van der Waals surface area contributed by atoms with Crippen molar-refractivity contribution in [2.45, 2.75) is 43.8 Å². The molecule has 166 valence electrons. The SMILES string of the molecule is CS(=O)(=O)N1CCC(Nc2ncc(C#N)c(-c3sc(C4CC4)nc3C(F)(F)F)n2)CC1. The number of alkyl halides is 3. The van der Waals surface area contributed by atoms with Gasteiger partial charge in [0.15, 0.2) is 5.69 Å². The third kappa shape index (κ3) is 4.81. The molecule has 1 saturated carbocycles. The van der Waals surface area contributed by atoms with Gasteiger partial charge in [-0.2, -0.15) is 18.4 Å². The highest BCUT2D eigenvalue weighted by Crippen LogP contribution is 2.48. The lowest BCUT2D eigenvalue weighted by molar-refractivity contribution is -0.140. The van der Waals surface area contributed by atoms with E-state index in [1.54, 1.807) is 0 Å². The standard InChI is InChI=1S/C18H19F3N6O2S2/c1-31(28,29)27-6-4-12(5-7-27)24-17-23-9-11(8-22)13(25-17)14-15(18(19,20)21)26-16(30-14)10-2-3-10/h9-10,12H,2-7H2,1H3,(H,23,24,25). The molecule has 0 amide bonds. The van der Waals surface area contributed by atoms with Crippen LogP contribution in [-0.2, 0) is 16.2 Å². The molecule has 0 radical (unpaired) electrons. The molecule has 0 spiro atoms. The molecule has 0 aromatic carbocycles. The lowest BCUT2D eigenvalue weighted by Crippen LogP contribution is -2.42. The fourth-order valence-corrected chi connectivity index (χ4v) is 5.55. The molecule has 1 aliphatic carbocycles. The van der Waals surface area contributed by atoms with Crippen LogP contribution in [-0.4, -0.2) is 53.1 Å². The Morgan fingerprint density at radius 2 is 1.90 bits per heavy atom. The van der Waals surface area contributed by atoms with Crippen molar-refractivity contribution in [2.24, 2.45) is 0 Å². The number of hydrogen-bond acceptors (Lipinski definition) is 8. The van der Waals surface area contributed by atoms with Gasteiger partial charge in [-0.15, -0.1) is 11.3 Å². The number of aromatic nitrogens is 3. The van der Waals surface area contributed by atoms with Crippen LogP contribution in [0.5, 0.6) is 0 Å². The number of nitrogens with one attached hydrogen (secondary N) is 1. The molecule has 3 heterocycles. The van der Waals surface area contributed by atoms with Crippen LogP contribution in [0.15, 0.2) is 6.20 Å². The van der Waals surface area contributed by atoms with Gasteiger partial charge in [0.05, 0.1) is 27.9 Å². The van der Waals surface area contributed by atoms with Gasteiger partial charge in [-0.25, -0.2) is 27.7 Å². The zero-order valence-electron chi connectivity index (χ0n) is 16.5. The molecule has 31 heavy (non-hydrogen) atoms. The van der Waals surface area contributed by atoms with Gasteiger partial charge in [0.2, 0.25) is 16.0 Å². The molecule has 1 saturated heterocycles. The van der Waals surface area contributed by atoms with E-state index in [0.29, 0.717) is 30.9 Å². The maximum atomic E-state index is 13.6. The first-order valence-electron chi connectivity index (χ1n) is 9.63. The molecule has 2 aromatic rings. The van der Waals surface area contributed by atoms with Crippen LogP contribution in [0.2, 0.25) is 0 Å². The number of anilines is 1. The van der Waals surface area contributed by atoms with Crippen molar-refractivity contribution in [3.05, 3.63) is 22.5 Å². The molecule has 13 heteroatoms. The molecule has 0 atom stereocenters. The maximum absolute atomic E-state index is 13.6. The van der Waals surface area contributed by atoms with Crippen molar-refractivity contribution in [3.8, 4) is 16.6 Å². The summed E-state index contributed by atoms with van der Waals surface area (Å²) in [5.74, 6) is 0.131. The summed E-state index contributed by atoms with van der Waals surface area (Å²) in [6.45, 7) is 0.662. The van der Waals surface area contributed by atoms with Gasteiger partial charge in [0.1, 0.15) is 11.8 Å². The summed E-state index contributed by atoms with van der Waals surface area (Å²) in [7, 11) is -3.27. The van der Waals surface area contributed by atoms with Crippen LogP contribution < -0.4 is 5.32 Å². The highest BCUT2D eigenvalue weighted by atomic mass is 32.2. The van der Waals surface area contributed by atoms with Crippen LogP contribution in [0, 0.1) is 11.3 Å². The molecule has 2 fully saturated rings. The van der Waals surface area contributed by atoms with Gasteiger partial charge >= 0.3 is 6.18 Å². The average molecular weight is 473 g/mol. The zero-order chi connectivity index (χ0) is 22.4. The topological polar surface area (TPSA) is 112 Å². The Hall–Kier alpha value is -2.30. The van der Waals surface area contributed by atoms with Gasteiger partial charge in [0, 0.05) is 25.0 Å². The van der Waals surface area contributed by atoms with Gasteiger partial charge in [-0.05, 0) is 25.7 Å². The number of halogens is 3. The Morgan fingerprint density at radius 1 is 1.23 bits per heavy atom. The summed E-state index contributed by atoms with van der Waals surface area (Å²) < 4.78 is 65.5. The van der Waals surface area contributed by atoms with E-state index in [2.05, 4.69) is 20.3 Å². The van der Waals surface area contributed by atoms with Gasteiger partial charge in [-0.3, -0.25) is 0 Å². The van der Waals surface area contributed by atoms with E-state index in [1.807, 2.05) is 6.07 Å². The number of thiazole rings is 1. The Kier molecular flexibility index (Phi) is 5.65. The third-order valence-electron chi connectivity index (χ3n) is 5.22. The predicted molar refractivity (Wildman–Crippen MR) is 108 cm³/mol. The van der Waals surface area contributed by atoms with Crippen LogP contribution in [0.1, 0.15) is 47.9 Å². The highest BCUT2D eigenvalue weighted by Gasteiger charge is 2.41. The predicted octanol–water partition coefficient (Wildman–Crippen LogP) is 3.20. The second kappa shape index (κ2) is 7.99. The number of nitriles is 1. The number of rotatable bonds is 5. The Labute approximate surface area is 181 Å². The molecule has 1 N–H and O–H groups in total. The quantitative estimate of drug-likeness (QED) is 0.711. The minimum Gasteiger partial charge on any atom is -0.351 e. The maximum Gasteiger partial charge on any atom is 0.434 e. The fraction of sp³-hybridized carbons (Fsp3) is 0.556. The Bertz CT molecular complexity index is 1130. The van der Waals surface area contributed by atoms with E-state index in [4.69, 9.17) is 0 Å². The summed E-state index contributed by atoms with van der Waals surface area (Å²) in [6, 6.07) is 1.73. The molecular weight excluding hydrogens is 453 g/mol. The largest absolute Gasteiger partial charge is 0.434 e. The molecule has 2 aromatic heterocycles. The van der Waals surface area contributed by atoms with Crippen LogP contribution in [0.4, 0.5) is 19.1 Å². The fourth-order valence-electron chi connectivity index (χ4n) is 3.41. The van der Waals surface area contributed by atoms with Crippen molar-refractivity contribution >= 4 is 27.3 Å². The highest BCUT2D eigenvalue weighted by molar-refractivity contribution is 7.88. The molecule has 0 unspecified atom stereocenters. The van der Waals surface area contributed by atoms with Crippen molar-refractivity contribution in [2.75, 3.05) is 24.7 Å². The second-order valence-electron chi connectivity index (χ2n) is 7.65. The second-order valence-corrected chi connectivity index (χ2v) is 10.7. The minimum atomic E-state index is -4.66. The number of hydrogen-bond donors (Lipinski definition) is 1. The first-order chi connectivity index (χ1) is 14.6. The monoisotopic (exact) mass is 472 g/mol. The molecule has 0 bridgehead atoms. The first-order valence-corrected chi connectivity index (χ1v) is 12.3.